The zero-order chi connectivity index (χ0) is 19.8. The maximum Gasteiger partial charge on any atom is 0.314 e. The van der Waals surface area contributed by atoms with Crippen LogP contribution in [0.4, 0.5) is 0 Å². The molecule has 0 unspecified atom stereocenters. The molecule has 0 spiro atoms. The summed E-state index contributed by atoms with van der Waals surface area (Å²) in [6.07, 6.45) is 4.05. The quantitative estimate of drug-likeness (QED) is 0.860. The summed E-state index contributed by atoms with van der Waals surface area (Å²) in [5, 5.41) is 12.0. The Labute approximate surface area is 166 Å². The van der Waals surface area contributed by atoms with Crippen molar-refractivity contribution in [1.29, 1.82) is 0 Å². The van der Waals surface area contributed by atoms with Gasteiger partial charge in [0.05, 0.1) is 16.1 Å². The molecule has 0 amide bonds. The van der Waals surface area contributed by atoms with Gasteiger partial charge in [-0.1, -0.05) is 56.3 Å². The molecule has 2 aromatic rings. The molecule has 0 radical (unpaired) electrons. The molecule has 0 aromatic heterocycles. The van der Waals surface area contributed by atoms with Gasteiger partial charge in [0.15, 0.2) is 5.66 Å². The molecule has 4 nitrogen and oxygen atoms in total. The van der Waals surface area contributed by atoms with Gasteiger partial charge in [-0.15, -0.1) is 0 Å². The van der Waals surface area contributed by atoms with Crippen molar-refractivity contribution in [2.75, 3.05) is 0 Å². The SMILES string of the molecule is CC(C)C1(CC2CCC(C(=O)O)(c3ccccc3)CC2)N=c2ccccc2=N1. The number of hydrogen-bond acceptors (Lipinski definition) is 3. The summed E-state index contributed by atoms with van der Waals surface area (Å²) in [5.74, 6) is 0.0546. The third kappa shape index (κ3) is 3.15. The number of hydrogen-bond donors (Lipinski definition) is 1. The largest absolute Gasteiger partial charge is 0.481 e. The molecule has 1 fully saturated rings. The fourth-order valence-corrected chi connectivity index (χ4v) is 4.86. The van der Waals surface area contributed by atoms with Crippen molar-refractivity contribution in [1.82, 2.24) is 0 Å². The third-order valence-corrected chi connectivity index (χ3v) is 6.72. The van der Waals surface area contributed by atoms with Crippen molar-refractivity contribution in [2.24, 2.45) is 21.8 Å². The normalized spacial score (nSPS) is 25.6. The molecule has 0 atom stereocenters. The van der Waals surface area contributed by atoms with Crippen LogP contribution < -0.4 is 10.7 Å². The highest BCUT2D eigenvalue weighted by Gasteiger charge is 2.46. The smallest absolute Gasteiger partial charge is 0.314 e. The van der Waals surface area contributed by atoms with Crippen LogP contribution in [0.5, 0.6) is 0 Å². The Balaban J connectivity index is 1.55. The van der Waals surface area contributed by atoms with Crippen molar-refractivity contribution in [3.8, 4) is 0 Å². The predicted octanol–water partition coefficient (Wildman–Crippen LogP) is 3.89. The van der Waals surface area contributed by atoms with Gasteiger partial charge in [0.2, 0.25) is 0 Å². The zero-order valence-electron chi connectivity index (χ0n) is 16.6. The predicted molar refractivity (Wildman–Crippen MR) is 109 cm³/mol. The molecule has 0 bridgehead atoms. The van der Waals surface area contributed by atoms with Crippen LogP contribution in [0.25, 0.3) is 0 Å². The van der Waals surface area contributed by atoms with Crippen LogP contribution in [0.15, 0.2) is 64.6 Å². The van der Waals surface area contributed by atoms with E-state index in [4.69, 9.17) is 9.98 Å². The molecule has 146 valence electrons. The van der Waals surface area contributed by atoms with Crippen LogP contribution in [0.1, 0.15) is 51.5 Å². The van der Waals surface area contributed by atoms with Gasteiger partial charge in [-0.05, 0) is 61.6 Å². The van der Waals surface area contributed by atoms with Crippen LogP contribution in [0, 0.1) is 11.8 Å². The number of aliphatic carboxylic acids is 1. The Hall–Kier alpha value is -2.49. The van der Waals surface area contributed by atoms with Gasteiger partial charge in [-0.25, -0.2) is 0 Å². The van der Waals surface area contributed by atoms with Gasteiger partial charge in [0.25, 0.3) is 0 Å². The molecule has 1 aliphatic heterocycles. The van der Waals surface area contributed by atoms with Crippen LogP contribution in [-0.4, -0.2) is 16.7 Å². The van der Waals surface area contributed by atoms with Gasteiger partial charge < -0.3 is 5.11 Å². The first-order valence-corrected chi connectivity index (χ1v) is 10.3. The van der Waals surface area contributed by atoms with Gasteiger partial charge in [-0.3, -0.25) is 14.8 Å². The first-order valence-electron chi connectivity index (χ1n) is 10.3. The molecule has 0 saturated heterocycles. The molecule has 4 heteroatoms. The highest BCUT2D eigenvalue weighted by molar-refractivity contribution is 5.81. The lowest BCUT2D eigenvalue weighted by Gasteiger charge is -2.40. The van der Waals surface area contributed by atoms with E-state index in [1.807, 2.05) is 54.6 Å². The van der Waals surface area contributed by atoms with Crippen LogP contribution in [0.3, 0.4) is 0 Å². The number of benzene rings is 2. The molecule has 2 aromatic carbocycles. The van der Waals surface area contributed by atoms with Gasteiger partial charge in [0, 0.05) is 0 Å². The van der Waals surface area contributed by atoms with E-state index in [9.17, 15) is 9.90 Å². The second-order valence-corrected chi connectivity index (χ2v) is 8.65. The number of rotatable bonds is 5. The van der Waals surface area contributed by atoms with E-state index in [1.165, 1.54) is 0 Å². The molecule has 1 aliphatic carbocycles. The monoisotopic (exact) mass is 376 g/mol. The molecule has 4 rings (SSSR count). The fourth-order valence-electron chi connectivity index (χ4n) is 4.86. The molecule has 1 saturated carbocycles. The van der Waals surface area contributed by atoms with Crippen molar-refractivity contribution in [3.63, 3.8) is 0 Å². The molecular formula is C24H28N2O2. The Bertz CT molecular complexity index is 938. The van der Waals surface area contributed by atoms with Gasteiger partial charge in [0.1, 0.15) is 0 Å². The lowest BCUT2D eigenvalue weighted by atomic mass is 9.65. The van der Waals surface area contributed by atoms with E-state index < -0.39 is 17.0 Å². The van der Waals surface area contributed by atoms with E-state index in [-0.39, 0.29) is 0 Å². The van der Waals surface area contributed by atoms with E-state index in [0.717, 1.165) is 35.5 Å². The van der Waals surface area contributed by atoms with Crippen molar-refractivity contribution in [3.05, 3.63) is 70.9 Å². The van der Waals surface area contributed by atoms with Gasteiger partial charge >= 0.3 is 5.97 Å². The number of carbonyl (C=O) groups is 1. The van der Waals surface area contributed by atoms with Crippen molar-refractivity contribution < 1.29 is 9.90 Å². The number of nitrogens with zero attached hydrogens (tertiary/aromatic N) is 2. The Morgan fingerprint density at radius 1 is 1.00 bits per heavy atom. The Morgan fingerprint density at radius 3 is 2.04 bits per heavy atom. The average molecular weight is 377 g/mol. The first kappa shape index (κ1) is 18.9. The molecular weight excluding hydrogens is 348 g/mol. The summed E-state index contributed by atoms with van der Waals surface area (Å²) >= 11 is 0. The summed E-state index contributed by atoms with van der Waals surface area (Å²) in [6, 6.07) is 17.8. The van der Waals surface area contributed by atoms with E-state index in [1.54, 1.807) is 0 Å². The lowest BCUT2D eigenvalue weighted by Crippen LogP contribution is -2.41. The highest BCUT2D eigenvalue weighted by Crippen LogP contribution is 2.45. The number of fused-ring (bicyclic) bond motifs is 1. The summed E-state index contributed by atoms with van der Waals surface area (Å²) in [4.78, 5) is 22.3. The Morgan fingerprint density at radius 2 is 1.54 bits per heavy atom. The maximum atomic E-state index is 12.2. The summed E-state index contributed by atoms with van der Waals surface area (Å²) in [6.45, 7) is 4.38. The number of carboxylic acid groups (broad SMARTS) is 1. The molecule has 28 heavy (non-hydrogen) atoms. The third-order valence-electron chi connectivity index (χ3n) is 6.72. The number of carboxylic acids is 1. The minimum Gasteiger partial charge on any atom is -0.481 e. The van der Waals surface area contributed by atoms with Crippen LogP contribution in [-0.2, 0) is 10.2 Å². The van der Waals surface area contributed by atoms with E-state index >= 15 is 0 Å². The Kier molecular flexibility index (Phi) is 4.82. The second-order valence-electron chi connectivity index (χ2n) is 8.65. The first-order chi connectivity index (χ1) is 13.5. The standard InChI is InChI=1S/C24H28N2O2/c1-17(2)24(25-20-10-6-7-11-21(20)26-24)16-18-12-14-23(15-13-18,22(27)28)19-8-4-3-5-9-19/h3-11,17-18H,12-16H2,1-2H3,(H,27,28). The van der Waals surface area contributed by atoms with Crippen LogP contribution in [0.2, 0.25) is 0 Å². The lowest BCUT2D eigenvalue weighted by molar-refractivity contribution is -0.145. The summed E-state index contributed by atoms with van der Waals surface area (Å²) in [7, 11) is 0. The fraction of sp³-hybridized carbons (Fsp3) is 0.458. The number of para-hydroxylation sites is 2. The topological polar surface area (TPSA) is 62.0 Å². The molecule has 2 aliphatic rings. The maximum absolute atomic E-state index is 12.2. The summed E-state index contributed by atoms with van der Waals surface area (Å²) < 4.78 is 0. The minimum atomic E-state index is -0.754. The minimum absolute atomic E-state index is 0.306. The molecule has 1 N–H and O–H groups in total. The molecule has 1 heterocycles. The van der Waals surface area contributed by atoms with Gasteiger partial charge in [-0.2, -0.15) is 0 Å². The van der Waals surface area contributed by atoms with Crippen molar-refractivity contribution in [2.45, 2.75) is 57.0 Å². The average Bonchev–Trinajstić information content (AvgIpc) is 3.09. The zero-order valence-corrected chi connectivity index (χ0v) is 16.6. The van der Waals surface area contributed by atoms with E-state index in [2.05, 4.69) is 13.8 Å². The summed E-state index contributed by atoms with van der Waals surface area (Å²) in [5.41, 5.74) is -0.234. The van der Waals surface area contributed by atoms with Crippen LogP contribution >= 0.6 is 0 Å². The van der Waals surface area contributed by atoms with Crippen molar-refractivity contribution >= 4 is 5.97 Å². The van der Waals surface area contributed by atoms with E-state index in [0.29, 0.717) is 24.7 Å². The highest BCUT2D eigenvalue weighted by atomic mass is 16.4. The second kappa shape index (κ2) is 7.16.